The molecule has 98 valence electrons. The molecular formula is C12H18N4S2. The number of anilines is 1. The lowest BCUT2D eigenvalue weighted by Crippen LogP contribution is -2.29. The molecule has 2 atom stereocenters. The molecule has 0 spiro atoms. The van der Waals surface area contributed by atoms with Crippen molar-refractivity contribution in [1.29, 1.82) is 0 Å². The summed E-state index contributed by atoms with van der Waals surface area (Å²) in [4.78, 5) is 8.86. The van der Waals surface area contributed by atoms with E-state index in [-0.39, 0.29) is 0 Å². The van der Waals surface area contributed by atoms with E-state index in [1.165, 1.54) is 25.7 Å². The highest BCUT2D eigenvalue weighted by molar-refractivity contribution is 7.99. The SMILES string of the molecule is CSC1CCCC(Nc2nccc(C(N)=S)n2)C1. The number of nitrogens with zero attached hydrogens (tertiary/aromatic N) is 2. The largest absolute Gasteiger partial charge is 0.388 e. The fraction of sp³-hybridized carbons (Fsp3) is 0.583. The summed E-state index contributed by atoms with van der Waals surface area (Å²) in [6.07, 6.45) is 8.79. The number of aromatic nitrogens is 2. The molecule has 0 bridgehead atoms. The van der Waals surface area contributed by atoms with Gasteiger partial charge in [-0.15, -0.1) is 0 Å². The lowest BCUT2D eigenvalue weighted by molar-refractivity contribution is 0.471. The van der Waals surface area contributed by atoms with Crippen LogP contribution >= 0.6 is 24.0 Å². The number of thioether (sulfide) groups is 1. The van der Waals surface area contributed by atoms with E-state index in [0.29, 0.717) is 22.7 Å². The molecule has 1 aromatic heterocycles. The van der Waals surface area contributed by atoms with Crippen LogP contribution in [0.4, 0.5) is 5.95 Å². The molecular weight excluding hydrogens is 264 g/mol. The molecule has 6 heteroatoms. The molecule has 4 nitrogen and oxygen atoms in total. The van der Waals surface area contributed by atoms with Crippen LogP contribution in [0.1, 0.15) is 31.4 Å². The quantitative estimate of drug-likeness (QED) is 0.826. The van der Waals surface area contributed by atoms with Crippen molar-refractivity contribution in [3.63, 3.8) is 0 Å². The van der Waals surface area contributed by atoms with E-state index < -0.39 is 0 Å². The molecule has 1 fully saturated rings. The van der Waals surface area contributed by atoms with Gasteiger partial charge in [-0.1, -0.05) is 18.6 Å². The van der Waals surface area contributed by atoms with Crippen LogP contribution in [0.25, 0.3) is 0 Å². The van der Waals surface area contributed by atoms with E-state index in [4.69, 9.17) is 18.0 Å². The van der Waals surface area contributed by atoms with Gasteiger partial charge in [-0.25, -0.2) is 9.97 Å². The molecule has 2 rings (SSSR count). The van der Waals surface area contributed by atoms with Gasteiger partial charge < -0.3 is 11.1 Å². The Morgan fingerprint density at radius 3 is 3.11 bits per heavy atom. The molecule has 1 aromatic rings. The summed E-state index contributed by atoms with van der Waals surface area (Å²) in [7, 11) is 0. The number of hydrogen-bond donors (Lipinski definition) is 2. The van der Waals surface area contributed by atoms with Crippen LogP contribution in [0.2, 0.25) is 0 Å². The summed E-state index contributed by atoms with van der Waals surface area (Å²) >= 11 is 6.87. The zero-order valence-electron chi connectivity index (χ0n) is 10.4. The first-order valence-corrected chi connectivity index (χ1v) is 7.81. The number of thiocarbonyl (C=S) groups is 1. The van der Waals surface area contributed by atoms with Gasteiger partial charge in [0.25, 0.3) is 0 Å². The van der Waals surface area contributed by atoms with E-state index in [2.05, 4.69) is 21.5 Å². The second kappa shape index (κ2) is 6.33. The third-order valence-electron chi connectivity index (χ3n) is 3.20. The van der Waals surface area contributed by atoms with Gasteiger partial charge in [0.2, 0.25) is 5.95 Å². The van der Waals surface area contributed by atoms with E-state index in [0.717, 1.165) is 5.25 Å². The maximum absolute atomic E-state index is 5.57. The van der Waals surface area contributed by atoms with Gasteiger partial charge in [0.05, 0.1) is 0 Å². The zero-order chi connectivity index (χ0) is 13.0. The van der Waals surface area contributed by atoms with E-state index in [1.807, 2.05) is 11.8 Å². The third-order valence-corrected chi connectivity index (χ3v) is 4.50. The molecule has 1 aliphatic rings. The maximum atomic E-state index is 5.57. The van der Waals surface area contributed by atoms with Crippen molar-refractivity contribution in [1.82, 2.24) is 9.97 Å². The minimum Gasteiger partial charge on any atom is -0.388 e. The highest BCUT2D eigenvalue weighted by Crippen LogP contribution is 2.28. The normalized spacial score (nSPS) is 23.6. The first-order valence-electron chi connectivity index (χ1n) is 6.11. The predicted octanol–water partition coefficient (Wildman–Crippen LogP) is 2.20. The van der Waals surface area contributed by atoms with Crippen LogP contribution in [0.5, 0.6) is 0 Å². The van der Waals surface area contributed by atoms with Gasteiger partial charge in [0.15, 0.2) is 0 Å². The van der Waals surface area contributed by atoms with Crippen LogP contribution in [-0.4, -0.2) is 32.5 Å². The monoisotopic (exact) mass is 282 g/mol. The van der Waals surface area contributed by atoms with Crippen molar-refractivity contribution >= 4 is 34.9 Å². The summed E-state index contributed by atoms with van der Waals surface area (Å²) in [6.45, 7) is 0. The Morgan fingerprint density at radius 2 is 2.39 bits per heavy atom. The van der Waals surface area contributed by atoms with Crippen LogP contribution in [0.3, 0.4) is 0 Å². The van der Waals surface area contributed by atoms with E-state index in [9.17, 15) is 0 Å². The zero-order valence-corrected chi connectivity index (χ0v) is 12.1. The molecule has 18 heavy (non-hydrogen) atoms. The van der Waals surface area contributed by atoms with Gasteiger partial charge in [-0.05, 0) is 31.6 Å². The Bertz CT molecular complexity index is 424. The Kier molecular flexibility index (Phi) is 4.77. The van der Waals surface area contributed by atoms with Crippen molar-refractivity contribution in [2.45, 2.75) is 37.0 Å². The molecule has 1 aliphatic carbocycles. The first kappa shape index (κ1) is 13.5. The summed E-state index contributed by atoms with van der Waals surface area (Å²) in [6, 6.07) is 2.19. The minimum atomic E-state index is 0.311. The van der Waals surface area contributed by atoms with Gasteiger partial charge in [-0.2, -0.15) is 11.8 Å². The number of nitrogens with two attached hydrogens (primary N) is 1. The number of nitrogens with one attached hydrogen (secondary N) is 1. The summed E-state index contributed by atoms with van der Waals surface area (Å²) in [5.41, 5.74) is 6.19. The molecule has 1 saturated carbocycles. The molecule has 0 amide bonds. The van der Waals surface area contributed by atoms with Crippen molar-refractivity contribution in [2.75, 3.05) is 11.6 Å². The van der Waals surface area contributed by atoms with Crippen molar-refractivity contribution in [2.24, 2.45) is 5.73 Å². The maximum Gasteiger partial charge on any atom is 0.223 e. The average molecular weight is 282 g/mol. The lowest BCUT2D eigenvalue weighted by Gasteiger charge is -2.28. The minimum absolute atomic E-state index is 0.311. The Balaban J connectivity index is 2.00. The Labute approximate surface area is 117 Å². The van der Waals surface area contributed by atoms with E-state index >= 15 is 0 Å². The van der Waals surface area contributed by atoms with Crippen LogP contribution in [-0.2, 0) is 0 Å². The second-order valence-corrected chi connectivity index (χ2v) is 6.07. The standard InChI is InChI=1S/C12H18N4S2/c1-18-9-4-2-3-8(7-9)15-12-14-6-5-10(16-12)11(13)17/h5-6,8-9H,2-4,7H2,1H3,(H2,13,17)(H,14,15,16). The molecule has 0 saturated heterocycles. The molecule has 1 heterocycles. The number of hydrogen-bond acceptors (Lipinski definition) is 5. The topological polar surface area (TPSA) is 63.8 Å². The highest BCUT2D eigenvalue weighted by atomic mass is 32.2. The third kappa shape index (κ3) is 3.55. The van der Waals surface area contributed by atoms with Gasteiger partial charge in [0, 0.05) is 17.5 Å². The summed E-state index contributed by atoms with van der Waals surface area (Å²) in [5.74, 6) is 0.632. The fourth-order valence-corrected chi connectivity index (χ4v) is 3.18. The van der Waals surface area contributed by atoms with Crippen molar-refractivity contribution < 1.29 is 0 Å². The lowest BCUT2D eigenvalue weighted by atomic mass is 9.95. The predicted molar refractivity (Wildman–Crippen MR) is 81.1 cm³/mol. The van der Waals surface area contributed by atoms with Crippen molar-refractivity contribution in [3.8, 4) is 0 Å². The molecule has 0 aliphatic heterocycles. The molecule has 0 radical (unpaired) electrons. The van der Waals surface area contributed by atoms with Gasteiger partial charge in [-0.3, -0.25) is 0 Å². The Morgan fingerprint density at radius 1 is 1.56 bits per heavy atom. The first-order chi connectivity index (χ1) is 8.69. The summed E-state index contributed by atoms with van der Waals surface area (Å²) in [5, 5.41) is 4.14. The Hall–Kier alpha value is -0.880. The van der Waals surface area contributed by atoms with Gasteiger partial charge in [0.1, 0.15) is 10.7 Å². The van der Waals surface area contributed by atoms with Crippen LogP contribution < -0.4 is 11.1 Å². The fourth-order valence-electron chi connectivity index (χ4n) is 2.24. The smallest absolute Gasteiger partial charge is 0.223 e. The highest BCUT2D eigenvalue weighted by Gasteiger charge is 2.21. The number of rotatable bonds is 4. The van der Waals surface area contributed by atoms with Gasteiger partial charge >= 0.3 is 0 Å². The molecule has 0 aromatic carbocycles. The molecule has 3 N–H and O–H groups in total. The average Bonchev–Trinajstić information content (AvgIpc) is 2.39. The molecule has 2 unspecified atom stereocenters. The van der Waals surface area contributed by atoms with E-state index in [1.54, 1.807) is 12.3 Å². The van der Waals surface area contributed by atoms with Crippen LogP contribution in [0, 0.1) is 0 Å². The second-order valence-electron chi connectivity index (χ2n) is 4.50. The summed E-state index contributed by atoms with van der Waals surface area (Å²) < 4.78 is 0. The van der Waals surface area contributed by atoms with Crippen LogP contribution in [0.15, 0.2) is 12.3 Å². The van der Waals surface area contributed by atoms with Crippen molar-refractivity contribution in [3.05, 3.63) is 18.0 Å².